The fourth-order valence-electron chi connectivity index (χ4n) is 1.49. The first-order valence-corrected chi connectivity index (χ1v) is 4.53. The molecule has 0 aliphatic carbocycles. The van der Waals surface area contributed by atoms with Crippen molar-refractivity contribution in [1.82, 2.24) is 20.6 Å². The van der Waals surface area contributed by atoms with E-state index in [2.05, 4.69) is 20.6 Å². The molecule has 1 aromatic carbocycles. The van der Waals surface area contributed by atoms with Gasteiger partial charge in [0.1, 0.15) is 0 Å². The van der Waals surface area contributed by atoms with E-state index in [9.17, 15) is 0 Å². The Morgan fingerprint density at radius 1 is 1.27 bits per heavy atom. The first-order chi connectivity index (χ1) is 7.42. The van der Waals surface area contributed by atoms with Crippen molar-refractivity contribution in [3.05, 3.63) is 29.6 Å². The third-order valence-electron chi connectivity index (χ3n) is 2.19. The number of ether oxygens (including phenoxy) is 2. The molecule has 1 aliphatic rings. The van der Waals surface area contributed by atoms with Crippen LogP contribution in [0.2, 0.25) is 0 Å². The molecule has 2 aromatic rings. The molecule has 0 saturated heterocycles. The molecule has 0 atom stereocenters. The summed E-state index contributed by atoms with van der Waals surface area (Å²) in [7, 11) is 0. The third kappa shape index (κ3) is 1.50. The highest BCUT2D eigenvalue weighted by atomic mass is 16.7. The topological polar surface area (TPSA) is 72.9 Å². The van der Waals surface area contributed by atoms with Crippen molar-refractivity contribution in [2.75, 3.05) is 6.79 Å². The quantitative estimate of drug-likeness (QED) is 0.771. The summed E-state index contributed by atoms with van der Waals surface area (Å²) in [6.07, 6.45) is 0.632. The minimum Gasteiger partial charge on any atom is -0.454 e. The lowest BCUT2D eigenvalue weighted by molar-refractivity contribution is 0.174. The van der Waals surface area contributed by atoms with Crippen molar-refractivity contribution < 1.29 is 9.47 Å². The summed E-state index contributed by atoms with van der Waals surface area (Å²) < 4.78 is 10.5. The second-order valence-electron chi connectivity index (χ2n) is 3.19. The molecule has 0 amide bonds. The van der Waals surface area contributed by atoms with Crippen molar-refractivity contribution in [3.8, 4) is 11.5 Å². The SMILES string of the molecule is c1cc2c(cc1Cc1nn[nH]n1)OCO2. The predicted molar refractivity (Wildman–Crippen MR) is 49.5 cm³/mol. The Kier molecular flexibility index (Phi) is 1.77. The molecule has 0 unspecified atom stereocenters. The van der Waals surface area contributed by atoms with Gasteiger partial charge < -0.3 is 9.47 Å². The molecule has 76 valence electrons. The Bertz CT molecular complexity index is 469. The normalized spacial score (nSPS) is 13.1. The molecule has 1 aromatic heterocycles. The van der Waals surface area contributed by atoms with Crippen molar-refractivity contribution in [3.63, 3.8) is 0 Å². The van der Waals surface area contributed by atoms with Crippen molar-refractivity contribution in [1.29, 1.82) is 0 Å². The zero-order valence-corrected chi connectivity index (χ0v) is 7.80. The molecule has 6 nitrogen and oxygen atoms in total. The van der Waals surface area contributed by atoms with Crippen LogP contribution >= 0.6 is 0 Å². The monoisotopic (exact) mass is 204 g/mol. The molecule has 0 bridgehead atoms. The van der Waals surface area contributed by atoms with E-state index in [-0.39, 0.29) is 0 Å². The summed E-state index contributed by atoms with van der Waals surface area (Å²) in [5.74, 6) is 2.22. The van der Waals surface area contributed by atoms with Crippen LogP contribution in [0.4, 0.5) is 0 Å². The molecule has 1 N–H and O–H groups in total. The van der Waals surface area contributed by atoms with Gasteiger partial charge in [-0.25, -0.2) is 0 Å². The molecule has 3 rings (SSSR count). The fourth-order valence-corrected chi connectivity index (χ4v) is 1.49. The van der Waals surface area contributed by atoms with Crippen LogP contribution in [0.25, 0.3) is 0 Å². The molecule has 1 aliphatic heterocycles. The number of hydrogen-bond acceptors (Lipinski definition) is 5. The maximum Gasteiger partial charge on any atom is 0.231 e. The molecular formula is C9H8N4O2. The highest BCUT2D eigenvalue weighted by Gasteiger charge is 2.13. The number of benzene rings is 1. The van der Waals surface area contributed by atoms with Gasteiger partial charge in [0.15, 0.2) is 17.3 Å². The standard InChI is InChI=1S/C9H8N4O2/c1-2-7-8(15-5-14-7)3-6(1)4-9-10-12-13-11-9/h1-3H,4-5H2,(H,10,11,12,13). The summed E-state index contributed by atoms with van der Waals surface area (Å²) in [4.78, 5) is 0. The Morgan fingerprint density at radius 3 is 3.07 bits per heavy atom. The Hall–Kier alpha value is -2.11. The molecule has 0 spiro atoms. The molecule has 2 heterocycles. The number of H-pyrrole nitrogens is 1. The van der Waals surface area contributed by atoms with E-state index < -0.39 is 0 Å². The van der Waals surface area contributed by atoms with Gasteiger partial charge >= 0.3 is 0 Å². The van der Waals surface area contributed by atoms with Crippen LogP contribution < -0.4 is 9.47 Å². The van der Waals surface area contributed by atoms with Crippen molar-refractivity contribution in [2.24, 2.45) is 0 Å². The zero-order valence-electron chi connectivity index (χ0n) is 7.80. The summed E-state index contributed by atoms with van der Waals surface area (Å²) in [5, 5.41) is 13.7. The molecule has 0 fully saturated rings. The molecule has 0 radical (unpaired) electrons. The lowest BCUT2D eigenvalue weighted by atomic mass is 10.1. The average molecular weight is 204 g/mol. The highest BCUT2D eigenvalue weighted by Crippen LogP contribution is 2.32. The summed E-state index contributed by atoms with van der Waals surface area (Å²) in [6.45, 7) is 0.293. The van der Waals surface area contributed by atoms with Gasteiger partial charge in [-0.05, 0) is 17.7 Å². The van der Waals surface area contributed by atoms with Crippen LogP contribution in [0.15, 0.2) is 18.2 Å². The number of nitrogens with zero attached hydrogens (tertiary/aromatic N) is 3. The molecule has 15 heavy (non-hydrogen) atoms. The number of hydrogen-bond donors (Lipinski definition) is 1. The van der Waals surface area contributed by atoms with E-state index >= 15 is 0 Å². The minimum absolute atomic E-state index is 0.293. The van der Waals surface area contributed by atoms with Crippen LogP contribution in [0, 0.1) is 0 Å². The zero-order chi connectivity index (χ0) is 10.1. The number of tetrazole rings is 1. The first-order valence-electron chi connectivity index (χ1n) is 4.53. The number of nitrogens with one attached hydrogen (secondary N) is 1. The van der Waals surface area contributed by atoms with Crippen LogP contribution in [-0.4, -0.2) is 27.4 Å². The van der Waals surface area contributed by atoms with Crippen molar-refractivity contribution in [2.45, 2.75) is 6.42 Å². The maximum absolute atomic E-state index is 5.27. The minimum atomic E-state index is 0.293. The van der Waals surface area contributed by atoms with E-state index in [4.69, 9.17) is 9.47 Å². The largest absolute Gasteiger partial charge is 0.454 e. The van der Waals surface area contributed by atoms with E-state index in [0.717, 1.165) is 17.1 Å². The van der Waals surface area contributed by atoms with Gasteiger partial charge in [-0.1, -0.05) is 11.3 Å². The van der Waals surface area contributed by atoms with Crippen LogP contribution in [0.3, 0.4) is 0 Å². The lowest BCUT2D eigenvalue weighted by Crippen LogP contribution is -1.93. The van der Waals surface area contributed by atoms with E-state index in [1.807, 2.05) is 18.2 Å². The van der Waals surface area contributed by atoms with Crippen LogP contribution in [0.1, 0.15) is 11.4 Å². The smallest absolute Gasteiger partial charge is 0.231 e. The van der Waals surface area contributed by atoms with Gasteiger partial charge in [-0.2, -0.15) is 5.21 Å². The van der Waals surface area contributed by atoms with Crippen molar-refractivity contribution >= 4 is 0 Å². The number of aromatic amines is 1. The summed E-state index contributed by atoms with van der Waals surface area (Å²) in [6, 6.07) is 5.78. The highest BCUT2D eigenvalue weighted by molar-refractivity contribution is 5.44. The van der Waals surface area contributed by atoms with Gasteiger partial charge in [0, 0.05) is 6.42 Å². The van der Waals surface area contributed by atoms with Crippen LogP contribution in [0.5, 0.6) is 11.5 Å². The molecular weight excluding hydrogens is 196 g/mol. The van der Waals surface area contributed by atoms with Gasteiger partial charge in [0.2, 0.25) is 6.79 Å². The number of aromatic nitrogens is 4. The predicted octanol–water partition coefficient (Wildman–Crippen LogP) is 0.519. The van der Waals surface area contributed by atoms with Gasteiger partial charge in [-0.3, -0.25) is 0 Å². The second-order valence-corrected chi connectivity index (χ2v) is 3.19. The van der Waals surface area contributed by atoms with E-state index in [1.54, 1.807) is 0 Å². The van der Waals surface area contributed by atoms with E-state index in [1.165, 1.54) is 0 Å². The lowest BCUT2D eigenvalue weighted by Gasteiger charge is -1.99. The number of fused-ring (bicyclic) bond motifs is 1. The van der Waals surface area contributed by atoms with Gasteiger partial charge in [0.05, 0.1) is 0 Å². The summed E-state index contributed by atoms with van der Waals surface area (Å²) >= 11 is 0. The average Bonchev–Trinajstić information content (AvgIpc) is 2.87. The number of rotatable bonds is 2. The molecule has 0 saturated carbocycles. The van der Waals surface area contributed by atoms with Gasteiger partial charge in [-0.15, -0.1) is 10.2 Å². The summed E-state index contributed by atoms with van der Waals surface area (Å²) in [5.41, 5.74) is 1.07. The van der Waals surface area contributed by atoms with E-state index in [0.29, 0.717) is 19.0 Å². The van der Waals surface area contributed by atoms with Gasteiger partial charge in [0.25, 0.3) is 0 Å². The Morgan fingerprint density at radius 2 is 2.20 bits per heavy atom. The third-order valence-corrected chi connectivity index (χ3v) is 2.19. The maximum atomic E-state index is 5.27. The molecule has 6 heteroatoms. The Balaban J connectivity index is 1.87. The first kappa shape index (κ1) is 8.22. The Labute approximate surface area is 85.2 Å². The second kappa shape index (κ2) is 3.23. The fraction of sp³-hybridized carbons (Fsp3) is 0.222. The van der Waals surface area contributed by atoms with Crippen LogP contribution in [-0.2, 0) is 6.42 Å².